The van der Waals surface area contributed by atoms with Crippen LogP contribution >= 0.6 is 0 Å². The number of amides is 2. The molecule has 2 aromatic rings. The Hall–Kier alpha value is -4.04. The average Bonchev–Trinajstić information content (AvgIpc) is 3.22. The number of nitrogens with zero attached hydrogens (tertiary/aromatic N) is 3. The monoisotopic (exact) mass is 606 g/mol. The largest absolute Gasteiger partial charge is 0.480 e. The molecule has 1 spiro atoms. The first-order valence-electron chi connectivity index (χ1n) is 12.9. The molecule has 224 valence electrons. The summed E-state index contributed by atoms with van der Waals surface area (Å²) >= 11 is 0. The van der Waals surface area contributed by atoms with E-state index < -0.39 is 51.6 Å². The second-order valence-electron chi connectivity index (χ2n) is 10.4. The highest BCUT2D eigenvalue weighted by molar-refractivity contribution is 7.92. The van der Waals surface area contributed by atoms with Crippen LogP contribution < -0.4 is 5.32 Å². The van der Waals surface area contributed by atoms with Gasteiger partial charge in [0.15, 0.2) is 0 Å². The van der Waals surface area contributed by atoms with Gasteiger partial charge in [-0.05, 0) is 73.7 Å². The molecule has 2 aromatic carbocycles. The number of likely N-dealkylation sites (N-methyl/N-ethyl adjacent to an activating group) is 1. The van der Waals surface area contributed by atoms with Crippen LogP contribution in [0, 0.1) is 13.8 Å². The second-order valence-corrected chi connectivity index (χ2v) is 12.2. The summed E-state index contributed by atoms with van der Waals surface area (Å²) in [5.74, 6) is -2.10. The van der Waals surface area contributed by atoms with Gasteiger partial charge in [0.25, 0.3) is 11.8 Å². The number of sulfonamides is 1. The summed E-state index contributed by atoms with van der Waals surface area (Å²) in [5.41, 5.74) is 0.0473. The zero-order valence-electron chi connectivity index (χ0n) is 23.0. The SMILES string of the molecule is Cc1cc(C(=O)N(C)CC(=O)O)cc(C)c1/C=C/S(=O)(=O)N1CCC2(CC1)N=C(c1cccc(C(F)(F)F)c1)NC2=O. The van der Waals surface area contributed by atoms with E-state index in [1.807, 2.05) is 0 Å². The van der Waals surface area contributed by atoms with Crippen LogP contribution in [0.2, 0.25) is 0 Å². The third-order valence-corrected chi connectivity index (χ3v) is 8.88. The Kier molecular flexibility index (Phi) is 8.33. The molecule has 0 atom stereocenters. The van der Waals surface area contributed by atoms with E-state index in [9.17, 15) is 36.0 Å². The minimum atomic E-state index is -4.56. The van der Waals surface area contributed by atoms with Crippen LogP contribution in [0.4, 0.5) is 13.2 Å². The topological polar surface area (TPSA) is 136 Å². The summed E-state index contributed by atoms with van der Waals surface area (Å²) in [6, 6.07) is 7.59. The fraction of sp³-hybridized carbons (Fsp3) is 0.357. The summed E-state index contributed by atoms with van der Waals surface area (Å²) in [6.07, 6.45) is -3.04. The van der Waals surface area contributed by atoms with E-state index in [0.29, 0.717) is 16.7 Å². The van der Waals surface area contributed by atoms with Gasteiger partial charge in [0.2, 0.25) is 10.0 Å². The molecule has 0 aliphatic carbocycles. The zero-order valence-corrected chi connectivity index (χ0v) is 23.8. The third kappa shape index (κ3) is 6.39. The van der Waals surface area contributed by atoms with Gasteiger partial charge in [0.1, 0.15) is 17.9 Å². The van der Waals surface area contributed by atoms with E-state index in [4.69, 9.17) is 5.11 Å². The molecule has 2 heterocycles. The Balaban J connectivity index is 1.47. The van der Waals surface area contributed by atoms with E-state index in [1.54, 1.807) is 26.0 Å². The van der Waals surface area contributed by atoms with Crippen molar-refractivity contribution in [3.63, 3.8) is 0 Å². The third-order valence-electron chi connectivity index (χ3n) is 7.32. The van der Waals surface area contributed by atoms with Gasteiger partial charge in [-0.3, -0.25) is 19.4 Å². The number of aliphatic carboxylic acids is 1. The number of rotatable bonds is 7. The molecule has 2 aliphatic heterocycles. The summed E-state index contributed by atoms with van der Waals surface area (Å²) in [7, 11) is -2.54. The van der Waals surface area contributed by atoms with E-state index in [-0.39, 0.29) is 42.9 Å². The van der Waals surface area contributed by atoms with Crippen molar-refractivity contribution in [1.82, 2.24) is 14.5 Å². The number of aryl methyl sites for hydroxylation is 2. The van der Waals surface area contributed by atoms with Crippen LogP contribution in [-0.2, 0) is 25.8 Å². The number of piperidine rings is 1. The van der Waals surface area contributed by atoms with Crippen molar-refractivity contribution in [2.75, 3.05) is 26.7 Å². The molecule has 0 bridgehead atoms. The molecule has 2 aliphatic rings. The van der Waals surface area contributed by atoms with E-state index in [1.165, 1.54) is 29.6 Å². The highest BCUT2D eigenvalue weighted by atomic mass is 32.2. The van der Waals surface area contributed by atoms with E-state index >= 15 is 0 Å². The Morgan fingerprint density at radius 3 is 2.33 bits per heavy atom. The van der Waals surface area contributed by atoms with Crippen LogP contribution in [0.15, 0.2) is 46.8 Å². The van der Waals surface area contributed by atoms with Crippen LogP contribution in [-0.4, -0.2) is 78.6 Å². The minimum Gasteiger partial charge on any atom is -0.480 e. The van der Waals surface area contributed by atoms with Crippen molar-refractivity contribution in [1.29, 1.82) is 0 Å². The van der Waals surface area contributed by atoms with Gasteiger partial charge in [0, 0.05) is 36.7 Å². The maximum absolute atomic E-state index is 13.1. The van der Waals surface area contributed by atoms with Gasteiger partial charge in [-0.15, -0.1) is 0 Å². The average molecular weight is 607 g/mol. The Labute approximate surface area is 240 Å². The molecular formula is C28H29F3N4O6S. The Morgan fingerprint density at radius 2 is 1.76 bits per heavy atom. The van der Waals surface area contributed by atoms with Crippen molar-refractivity contribution in [2.45, 2.75) is 38.4 Å². The fourth-order valence-corrected chi connectivity index (χ4v) is 6.21. The number of benzene rings is 2. The lowest BCUT2D eigenvalue weighted by Crippen LogP contribution is -2.50. The molecule has 4 rings (SSSR count). The van der Waals surface area contributed by atoms with Crippen molar-refractivity contribution in [3.05, 3.63) is 75.2 Å². The van der Waals surface area contributed by atoms with Gasteiger partial charge >= 0.3 is 12.1 Å². The van der Waals surface area contributed by atoms with Gasteiger partial charge < -0.3 is 15.3 Å². The predicted molar refractivity (Wildman–Crippen MR) is 148 cm³/mol. The Morgan fingerprint density at radius 1 is 1.14 bits per heavy atom. The number of carboxylic acid groups (broad SMARTS) is 1. The molecule has 0 radical (unpaired) electrons. The fourth-order valence-electron chi connectivity index (χ4n) is 5.04. The van der Waals surface area contributed by atoms with Gasteiger partial charge in [0.05, 0.1) is 5.56 Å². The Bertz CT molecular complexity index is 1590. The smallest absolute Gasteiger partial charge is 0.416 e. The molecule has 14 heteroatoms. The molecule has 10 nitrogen and oxygen atoms in total. The number of halogens is 3. The predicted octanol–water partition coefficient (Wildman–Crippen LogP) is 3.19. The molecule has 1 fully saturated rings. The summed E-state index contributed by atoms with van der Waals surface area (Å²) in [6.45, 7) is 2.89. The maximum Gasteiger partial charge on any atom is 0.416 e. The molecule has 42 heavy (non-hydrogen) atoms. The van der Waals surface area contributed by atoms with Gasteiger partial charge in [-0.1, -0.05) is 12.1 Å². The van der Waals surface area contributed by atoms with Crippen molar-refractivity contribution >= 4 is 39.7 Å². The van der Waals surface area contributed by atoms with Crippen molar-refractivity contribution in [3.8, 4) is 0 Å². The number of nitrogens with one attached hydrogen (secondary N) is 1. The molecule has 0 aromatic heterocycles. The van der Waals surface area contributed by atoms with Crippen LogP contribution in [0.1, 0.15) is 51.0 Å². The van der Waals surface area contributed by atoms with E-state index in [2.05, 4.69) is 10.3 Å². The highest BCUT2D eigenvalue weighted by Gasteiger charge is 2.47. The molecular weight excluding hydrogens is 577 g/mol. The minimum absolute atomic E-state index is 0.0179. The molecule has 2 amide bonds. The first kappa shape index (κ1) is 30.9. The van der Waals surface area contributed by atoms with Crippen molar-refractivity contribution in [2.24, 2.45) is 4.99 Å². The zero-order chi connectivity index (χ0) is 31.0. The van der Waals surface area contributed by atoms with Crippen LogP contribution in [0.3, 0.4) is 0 Å². The number of alkyl halides is 3. The molecule has 2 N–H and O–H groups in total. The number of amidine groups is 1. The number of hydrogen-bond acceptors (Lipinski definition) is 6. The van der Waals surface area contributed by atoms with Gasteiger partial charge in [-0.2, -0.15) is 17.5 Å². The van der Waals surface area contributed by atoms with Crippen LogP contribution in [0.5, 0.6) is 0 Å². The lowest BCUT2D eigenvalue weighted by atomic mass is 9.89. The quantitative estimate of drug-likeness (QED) is 0.497. The first-order chi connectivity index (χ1) is 19.5. The standard InChI is InChI=1S/C28H29F3N4O6S/c1-17-13-20(25(38)34(3)16-23(36)37)14-18(2)22(17)7-12-42(40,41)35-10-8-27(9-11-35)26(39)32-24(33-27)19-5-4-6-21(15-19)28(29,30)31/h4-7,12-15H,8-11,16H2,1-3H3,(H,36,37)(H,32,33,39)/b12-7+. The lowest BCUT2D eigenvalue weighted by Gasteiger charge is -2.34. The highest BCUT2D eigenvalue weighted by Crippen LogP contribution is 2.34. The van der Waals surface area contributed by atoms with Crippen molar-refractivity contribution < 1.29 is 41.1 Å². The van der Waals surface area contributed by atoms with E-state index in [0.717, 1.165) is 22.4 Å². The molecule has 0 unspecified atom stereocenters. The number of carbonyl (C=O) groups is 3. The summed E-state index contributed by atoms with van der Waals surface area (Å²) in [4.78, 5) is 41.8. The number of aliphatic imine (C=N–C) groups is 1. The second kappa shape index (κ2) is 11.3. The number of carbonyl (C=O) groups excluding carboxylic acids is 2. The summed E-state index contributed by atoms with van der Waals surface area (Å²) in [5, 5.41) is 12.5. The van der Waals surface area contributed by atoms with Crippen LogP contribution in [0.25, 0.3) is 6.08 Å². The molecule has 1 saturated heterocycles. The normalized spacial score (nSPS) is 17.4. The van der Waals surface area contributed by atoms with Gasteiger partial charge in [-0.25, -0.2) is 8.42 Å². The molecule has 0 saturated carbocycles. The number of hydrogen-bond donors (Lipinski definition) is 2. The first-order valence-corrected chi connectivity index (χ1v) is 14.4. The maximum atomic E-state index is 13.1. The number of carboxylic acids is 1. The summed E-state index contributed by atoms with van der Waals surface area (Å²) < 4.78 is 66.9. The lowest BCUT2D eigenvalue weighted by molar-refractivity contribution is -0.138.